The normalized spacial score (nSPS) is 24.0. The molecule has 5 heteroatoms. The Kier molecular flexibility index (Phi) is 3.33. The lowest BCUT2D eigenvalue weighted by Gasteiger charge is -2.20. The fourth-order valence-corrected chi connectivity index (χ4v) is 1.71. The molecule has 1 aromatic rings. The molecular formula is C10H17N3O2. The van der Waals surface area contributed by atoms with Crippen molar-refractivity contribution >= 4 is 0 Å². The van der Waals surface area contributed by atoms with Crippen LogP contribution in [0.5, 0.6) is 0 Å². The van der Waals surface area contributed by atoms with E-state index in [4.69, 9.17) is 15.0 Å². The van der Waals surface area contributed by atoms with Crippen molar-refractivity contribution in [2.45, 2.75) is 44.8 Å². The van der Waals surface area contributed by atoms with E-state index >= 15 is 0 Å². The molecule has 0 saturated carbocycles. The van der Waals surface area contributed by atoms with Crippen molar-refractivity contribution in [3.05, 3.63) is 11.7 Å². The average Bonchev–Trinajstić information content (AvgIpc) is 2.68. The predicted octanol–water partition coefficient (Wildman–Crippen LogP) is 1.20. The van der Waals surface area contributed by atoms with E-state index in [0.717, 1.165) is 25.9 Å². The minimum Gasteiger partial charge on any atom is -0.378 e. The van der Waals surface area contributed by atoms with Crippen molar-refractivity contribution in [1.82, 2.24) is 10.1 Å². The van der Waals surface area contributed by atoms with Gasteiger partial charge >= 0.3 is 0 Å². The van der Waals surface area contributed by atoms with Gasteiger partial charge in [-0.1, -0.05) is 5.16 Å². The molecule has 15 heavy (non-hydrogen) atoms. The van der Waals surface area contributed by atoms with Crippen LogP contribution in [0, 0.1) is 0 Å². The van der Waals surface area contributed by atoms with Gasteiger partial charge in [0.2, 0.25) is 5.89 Å². The summed E-state index contributed by atoms with van der Waals surface area (Å²) < 4.78 is 10.6. The molecule has 2 N–H and O–H groups in total. The van der Waals surface area contributed by atoms with E-state index < -0.39 is 0 Å². The molecule has 1 unspecified atom stereocenters. The Balaban J connectivity index is 1.91. The van der Waals surface area contributed by atoms with Crippen molar-refractivity contribution in [3.63, 3.8) is 0 Å². The van der Waals surface area contributed by atoms with Crippen molar-refractivity contribution in [2.24, 2.45) is 5.73 Å². The van der Waals surface area contributed by atoms with Gasteiger partial charge < -0.3 is 15.0 Å². The molecular weight excluding hydrogens is 194 g/mol. The molecule has 1 saturated heterocycles. The van der Waals surface area contributed by atoms with Gasteiger partial charge in [-0.15, -0.1) is 0 Å². The van der Waals surface area contributed by atoms with Gasteiger partial charge in [-0.3, -0.25) is 0 Å². The lowest BCUT2D eigenvalue weighted by molar-refractivity contribution is 0.0153. The molecule has 0 bridgehead atoms. The molecule has 1 aromatic heterocycles. The molecule has 1 fully saturated rings. The summed E-state index contributed by atoms with van der Waals surface area (Å²) in [6.07, 6.45) is 4.45. The fourth-order valence-electron chi connectivity index (χ4n) is 1.71. The summed E-state index contributed by atoms with van der Waals surface area (Å²) in [6.45, 7) is 2.68. The van der Waals surface area contributed by atoms with Crippen molar-refractivity contribution in [2.75, 3.05) is 6.61 Å². The number of hydrogen-bond acceptors (Lipinski definition) is 5. The van der Waals surface area contributed by atoms with Crippen molar-refractivity contribution < 1.29 is 9.26 Å². The highest BCUT2D eigenvalue weighted by Crippen LogP contribution is 2.16. The average molecular weight is 211 g/mol. The quantitative estimate of drug-likeness (QED) is 0.813. The van der Waals surface area contributed by atoms with Gasteiger partial charge in [-0.05, 0) is 26.2 Å². The van der Waals surface area contributed by atoms with Gasteiger partial charge in [0.05, 0.1) is 12.1 Å². The van der Waals surface area contributed by atoms with Crippen LogP contribution < -0.4 is 5.73 Å². The molecule has 1 aliphatic rings. The third-order valence-electron chi connectivity index (χ3n) is 2.56. The van der Waals surface area contributed by atoms with Gasteiger partial charge in [0.15, 0.2) is 5.82 Å². The Morgan fingerprint density at radius 1 is 1.53 bits per heavy atom. The lowest BCUT2D eigenvalue weighted by atomic mass is 10.1. The summed E-state index contributed by atoms with van der Waals surface area (Å²) in [7, 11) is 0. The first-order valence-electron chi connectivity index (χ1n) is 5.45. The second-order valence-corrected chi connectivity index (χ2v) is 4.03. The highest BCUT2D eigenvalue weighted by Gasteiger charge is 2.18. The van der Waals surface area contributed by atoms with Crippen LogP contribution in [0.4, 0.5) is 0 Å². The van der Waals surface area contributed by atoms with Crippen LogP contribution in [0.25, 0.3) is 0 Å². The predicted molar refractivity (Wildman–Crippen MR) is 54.2 cm³/mol. The van der Waals surface area contributed by atoms with E-state index in [1.165, 1.54) is 6.42 Å². The molecule has 0 aliphatic carbocycles. The van der Waals surface area contributed by atoms with Crippen molar-refractivity contribution in [3.8, 4) is 0 Å². The zero-order chi connectivity index (χ0) is 10.7. The minimum absolute atomic E-state index is 0.196. The number of nitrogens with zero attached hydrogens (tertiary/aromatic N) is 2. The maximum Gasteiger partial charge on any atom is 0.243 e. The maximum absolute atomic E-state index is 5.63. The molecule has 0 amide bonds. The standard InChI is InChI=1S/C10H17N3O2/c1-7(11)10-12-9(13-15-10)6-8-4-2-3-5-14-8/h7-8H,2-6,11H2,1H3/t7-,8?/m1/s1. The van der Waals surface area contributed by atoms with Crippen LogP contribution in [0.1, 0.15) is 43.9 Å². The lowest BCUT2D eigenvalue weighted by Crippen LogP contribution is -2.21. The maximum atomic E-state index is 5.63. The summed E-state index contributed by atoms with van der Waals surface area (Å²) in [5.41, 5.74) is 5.63. The Morgan fingerprint density at radius 2 is 2.40 bits per heavy atom. The monoisotopic (exact) mass is 211 g/mol. The van der Waals surface area contributed by atoms with E-state index in [1.807, 2.05) is 6.92 Å². The SMILES string of the molecule is C[C@@H](N)c1nc(CC2CCCCO2)no1. The largest absolute Gasteiger partial charge is 0.378 e. The molecule has 0 spiro atoms. The topological polar surface area (TPSA) is 74.2 Å². The first-order valence-corrected chi connectivity index (χ1v) is 5.45. The second kappa shape index (κ2) is 4.72. The number of hydrogen-bond donors (Lipinski definition) is 1. The molecule has 2 rings (SSSR count). The third-order valence-corrected chi connectivity index (χ3v) is 2.56. The third kappa shape index (κ3) is 2.76. The number of rotatable bonds is 3. The van der Waals surface area contributed by atoms with E-state index in [1.54, 1.807) is 0 Å². The Morgan fingerprint density at radius 3 is 3.00 bits per heavy atom. The van der Waals surface area contributed by atoms with E-state index in [9.17, 15) is 0 Å². The van der Waals surface area contributed by atoms with Gasteiger partial charge in [0, 0.05) is 13.0 Å². The van der Waals surface area contributed by atoms with E-state index in [0.29, 0.717) is 11.7 Å². The molecule has 2 atom stereocenters. The second-order valence-electron chi connectivity index (χ2n) is 4.03. The van der Waals surface area contributed by atoms with Crippen LogP contribution in [0.15, 0.2) is 4.52 Å². The van der Waals surface area contributed by atoms with Gasteiger partial charge in [-0.25, -0.2) is 0 Å². The summed E-state index contributed by atoms with van der Waals surface area (Å²) in [6, 6.07) is -0.196. The first kappa shape index (κ1) is 10.6. The van der Waals surface area contributed by atoms with E-state index in [2.05, 4.69) is 10.1 Å². The highest BCUT2D eigenvalue weighted by molar-refractivity contribution is 4.92. The van der Waals surface area contributed by atoms with Crippen molar-refractivity contribution in [1.29, 1.82) is 0 Å². The minimum atomic E-state index is -0.196. The number of nitrogens with two attached hydrogens (primary N) is 1. The van der Waals surface area contributed by atoms with Crippen LogP contribution >= 0.6 is 0 Å². The van der Waals surface area contributed by atoms with Crippen LogP contribution in [-0.2, 0) is 11.2 Å². The van der Waals surface area contributed by atoms with E-state index in [-0.39, 0.29) is 12.1 Å². The Labute approximate surface area is 89.0 Å². The van der Waals surface area contributed by atoms with Gasteiger partial charge in [-0.2, -0.15) is 4.98 Å². The summed E-state index contributed by atoms with van der Waals surface area (Å²) in [4.78, 5) is 4.22. The molecule has 5 nitrogen and oxygen atoms in total. The summed E-state index contributed by atoms with van der Waals surface area (Å²) in [5.74, 6) is 1.20. The summed E-state index contributed by atoms with van der Waals surface area (Å²) >= 11 is 0. The van der Waals surface area contributed by atoms with Crippen LogP contribution in [0.2, 0.25) is 0 Å². The summed E-state index contributed by atoms with van der Waals surface area (Å²) in [5, 5.41) is 3.89. The molecule has 84 valence electrons. The smallest absolute Gasteiger partial charge is 0.243 e. The molecule has 0 radical (unpaired) electrons. The highest BCUT2D eigenvalue weighted by atomic mass is 16.5. The van der Waals surface area contributed by atoms with Crippen LogP contribution in [-0.4, -0.2) is 22.9 Å². The Bertz CT molecular complexity index is 305. The number of ether oxygens (including phenoxy) is 1. The zero-order valence-corrected chi connectivity index (χ0v) is 8.98. The molecule has 1 aliphatic heterocycles. The molecule has 2 heterocycles. The zero-order valence-electron chi connectivity index (χ0n) is 8.98. The van der Waals surface area contributed by atoms with Gasteiger partial charge in [0.25, 0.3) is 0 Å². The van der Waals surface area contributed by atoms with Crippen LogP contribution in [0.3, 0.4) is 0 Å². The first-order chi connectivity index (χ1) is 7.25. The van der Waals surface area contributed by atoms with Gasteiger partial charge in [0.1, 0.15) is 0 Å². The Hall–Kier alpha value is -0.940. The molecule has 0 aromatic carbocycles. The fraction of sp³-hybridized carbons (Fsp3) is 0.800. The number of aromatic nitrogens is 2.